The highest BCUT2D eigenvalue weighted by molar-refractivity contribution is 9.10. The van der Waals surface area contributed by atoms with Gasteiger partial charge in [0.2, 0.25) is 0 Å². The number of benzene rings is 2. The highest BCUT2D eigenvalue weighted by atomic mass is 79.9. The van der Waals surface area contributed by atoms with Crippen LogP contribution in [-0.4, -0.2) is 13.1 Å². The zero-order valence-electron chi connectivity index (χ0n) is 8.46. The lowest BCUT2D eigenvalue weighted by Gasteiger charge is -2.04. The first-order valence-electron chi connectivity index (χ1n) is 4.59. The van der Waals surface area contributed by atoms with Crippen molar-refractivity contribution >= 4 is 32.7 Å². The van der Waals surface area contributed by atoms with E-state index in [1.807, 2.05) is 0 Å². The number of ether oxygens (including phenoxy) is 1. The van der Waals surface area contributed by atoms with Crippen molar-refractivity contribution in [3.05, 3.63) is 46.2 Å². The van der Waals surface area contributed by atoms with Crippen LogP contribution in [0.5, 0.6) is 0 Å². The van der Waals surface area contributed by atoms with Crippen molar-refractivity contribution in [3.8, 4) is 0 Å². The van der Waals surface area contributed by atoms with E-state index in [0.29, 0.717) is 20.8 Å². The second kappa shape index (κ2) is 4.22. The van der Waals surface area contributed by atoms with Crippen molar-refractivity contribution in [2.75, 3.05) is 7.11 Å². The summed E-state index contributed by atoms with van der Waals surface area (Å²) in [4.78, 5) is 11.3. The van der Waals surface area contributed by atoms with E-state index in [0.717, 1.165) is 0 Å². The predicted octanol–water partition coefficient (Wildman–Crippen LogP) is 3.53. The van der Waals surface area contributed by atoms with E-state index in [4.69, 9.17) is 0 Å². The van der Waals surface area contributed by atoms with Gasteiger partial charge in [-0.2, -0.15) is 0 Å². The summed E-state index contributed by atoms with van der Waals surface area (Å²) in [6.07, 6.45) is 0. The Balaban J connectivity index is 2.65. The van der Waals surface area contributed by atoms with Crippen LogP contribution in [0.1, 0.15) is 10.4 Å². The third kappa shape index (κ3) is 1.80. The Morgan fingerprint density at radius 2 is 2.06 bits per heavy atom. The van der Waals surface area contributed by atoms with Gasteiger partial charge >= 0.3 is 5.97 Å². The molecule has 4 heteroatoms. The van der Waals surface area contributed by atoms with E-state index in [9.17, 15) is 9.18 Å². The quantitative estimate of drug-likeness (QED) is 0.748. The largest absolute Gasteiger partial charge is 0.465 e. The van der Waals surface area contributed by atoms with Crippen molar-refractivity contribution in [2.24, 2.45) is 0 Å². The second-order valence-corrected chi connectivity index (χ2v) is 4.14. The summed E-state index contributed by atoms with van der Waals surface area (Å²) < 4.78 is 18.7. The van der Waals surface area contributed by atoms with Crippen LogP contribution in [0.2, 0.25) is 0 Å². The van der Waals surface area contributed by atoms with Crippen LogP contribution in [0.3, 0.4) is 0 Å². The van der Waals surface area contributed by atoms with Crippen LogP contribution >= 0.6 is 15.9 Å². The van der Waals surface area contributed by atoms with Crippen molar-refractivity contribution in [1.29, 1.82) is 0 Å². The monoisotopic (exact) mass is 282 g/mol. The molecular formula is C12H8BrFO2. The minimum Gasteiger partial charge on any atom is -0.465 e. The zero-order chi connectivity index (χ0) is 11.7. The molecule has 0 bridgehead atoms. The van der Waals surface area contributed by atoms with Crippen LogP contribution in [0, 0.1) is 5.82 Å². The molecule has 2 aromatic carbocycles. The van der Waals surface area contributed by atoms with Gasteiger partial charge in [0.05, 0.1) is 17.1 Å². The number of esters is 1. The smallest absolute Gasteiger partial charge is 0.337 e. The molecule has 0 saturated carbocycles. The first-order chi connectivity index (χ1) is 7.63. The topological polar surface area (TPSA) is 26.3 Å². The molecule has 0 heterocycles. The Kier molecular flexibility index (Phi) is 2.92. The molecule has 0 amide bonds. The van der Waals surface area contributed by atoms with E-state index in [1.165, 1.54) is 7.11 Å². The fourth-order valence-corrected chi connectivity index (χ4v) is 1.86. The normalized spacial score (nSPS) is 10.4. The SMILES string of the molecule is COC(=O)c1ccc2c(F)c(Br)ccc2c1. The number of methoxy groups -OCH3 is 1. The van der Waals surface area contributed by atoms with Gasteiger partial charge in [-0.3, -0.25) is 0 Å². The fraction of sp³-hybridized carbons (Fsp3) is 0.0833. The molecule has 0 N–H and O–H groups in total. The average molecular weight is 283 g/mol. The molecule has 0 aliphatic carbocycles. The van der Waals surface area contributed by atoms with Gasteiger partial charge in [-0.1, -0.05) is 12.1 Å². The molecule has 0 spiro atoms. The third-order valence-electron chi connectivity index (χ3n) is 2.33. The van der Waals surface area contributed by atoms with E-state index >= 15 is 0 Å². The maximum atomic E-state index is 13.6. The Morgan fingerprint density at radius 1 is 1.31 bits per heavy atom. The molecule has 0 atom stereocenters. The van der Waals surface area contributed by atoms with E-state index in [2.05, 4.69) is 20.7 Å². The Bertz CT molecular complexity index is 566. The number of hydrogen-bond donors (Lipinski definition) is 0. The summed E-state index contributed by atoms with van der Waals surface area (Å²) in [6, 6.07) is 8.08. The number of carbonyl (C=O) groups excluding carboxylic acids is 1. The Labute approximate surface area is 100 Å². The summed E-state index contributed by atoms with van der Waals surface area (Å²) in [7, 11) is 1.31. The maximum absolute atomic E-state index is 13.6. The summed E-state index contributed by atoms with van der Waals surface area (Å²) in [6.45, 7) is 0. The van der Waals surface area contributed by atoms with Gasteiger partial charge in [-0.05, 0) is 39.5 Å². The van der Waals surface area contributed by atoms with Crippen molar-refractivity contribution < 1.29 is 13.9 Å². The third-order valence-corrected chi connectivity index (χ3v) is 2.94. The van der Waals surface area contributed by atoms with Crippen LogP contribution in [0.4, 0.5) is 4.39 Å². The Morgan fingerprint density at radius 3 is 2.75 bits per heavy atom. The number of carbonyl (C=O) groups is 1. The molecule has 0 radical (unpaired) electrons. The summed E-state index contributed by atoms with van der Waals surface area (Å²) in [5, 5.41) is 1.14. The molecule has 82 valence electrons. The van der Waals surface area contributed by atoms with Crippen LogP contribution < -0.4 is 0 Å². The van der Waals surface area contributed by atoms with Gasteiger partial charge in [0.1, 0.15) is 5.82 Å². The number of hydrogen-bond acceptors (Lipinski definition) is 2. The second-order valence-electron chi connectivity index (χ2n) is 3.29. The standard InChI is InChI=1S/C12H8BrFO2/c1-16-12(15)8-2-4-9-7(6-8)3-5-10(13)11(9)14/h2-6H,1H3. The van der Waals surface area contributed by atoms with Gasteiger partial charge in [-0.15, -0.1) is 0 Å². The molecular weight excluding hydrogens is 275 g/mol. The van der Waals surface area contributed by atoms with E-state index < -0.39 is 5.97 Å². The fourth-order valence-electron chi connectivity index (χ4n) is 1.51. The molecule has 0 aliphatic rings. The Hall–Kier alpha value is -1.42. The first kappa shape index (κ1) is 11.1. The number of rotatable bonds is 1. The predicted molar refractivity (Wildman–Crippen MR) is 62.9 cm³/mol. The number of halogens is 2. The van der Waals surface area contributed by atoms with Crippen molar-refractivity contribution in [1.82, 2.24) is 0 Å². The molecule has 0 aliphatic heterocycles. The minimum atomic E-state index is -0.426. The molecule has 16 heavy (non-hydrogen) atoms. The van der Waals surface area contributed by atoms with Gasteiger partial charge in [0.15, 0.2) is 0 Å². The lowest BCUT2D eigenvalue weighted by molar-refractivity contribution is 0.0601. The van der Waals surface area contributed by atoms with E-state index in [1.54, 1.807) is 30.3 Å². The summed E-state index contributed by atoms with van der Waals surface area (Å²) in [5.74, 6) is -0.751. The van der Waals surface area contributed by atoms with Gasteiger partial charge in [-0.25, -0.2) is 9.18 Å². The van der Waals surface area contributed by atoms with Crippen LogP contribution in [0.25, 0.3) is 10.8 Å². The van der Waals surface area contributed by atoms with E-state index in [-0.39, 0.29) is 5.82 Å². The van der Waals surface area contributed by atoms with Crippen LogP contribution in [0.15, 0.2) is 34.8 Å². The molecule has 0 fully saturated rings. The lowest BCUT2D eigenvalue weighted by Crippen LogP contribution is -2.00. The van der Waals surface area contributed by atoms with Crippen molar-refractivity contribution in [2.45, 2.75) is 0 Å². The van der Waals surface area contributed by atoms with Gasteiger partial charge in [0, 0.05) is 5.39 Å². The zero-order valence-corrected chi connectivity index (χ0v) is 10.0. The van der Waals surface area contributed by atoms with Gasteiger partial charge < -0.3 is 4.74 Å². The summed E-state index contributed by atoms with van der Waals surface area (Å²) >= 11 is 3.11. The molecule has 0 unspecified atom stereocenters. The van der Waals surface area contributed by atoms with Crippen molar-refractivity contribution in [3.63, 3.8) is 0 Å². The minimum absolute atomic E-state index is 0.325. The average Bonchev–Trinajstić information content (AvgIpc) is 2.32. The molecule has 0 saturated heterocycles. The molecule has 2 rings (SSSR count). The molecule has 2 nitrogen and oxygen atoms in total. The van der Waals surface area contributed by atoms with Gasteiger partial charge in [0.25, 0.3) is 0 Å². The summed E-state index contributed by atoms with van der Waals surface area (Å²) in [5.41, 5.74) is 0.414. The van der Waals surface area contributed by atoms with Crippen LogP contribution in [-0.2, 0) is 4.74 Å². The molecule has 0 aromatic heterocycles. The maximum Gasteiger partial charge on any atom is 0.337 e. The highest BCUT2D eigenvalue weighted by Crippen LogP contribution is 2.25. The first-order valence-corrected chi connectivity index (χ1v) is 5.39. The lowest BCUT2D eigenvalue weighted by atomic mass is 10.1. The number of fused-ring (bicyclic) bond motifs is 1. The molecule has 2 aromatic rings. The highest BCUT2D eigenvalue weighted by Gasteiger charge is 2.09.